The van der Waals surface area contributed by atoms with Crippen LogP contribution in [0.15, 0.2) is 12.4 Å². The Morgan fingerprint density at radius 2 is 2.33 bits per heavy atom. The van der Waals surface area contributed by atoms with Gasteiger partial charge < -0.3 is 9.88 Å². The number of hydrogen-bond donors (Lipinski definition) is 1. The van der Waals surface area contributed by atoms with Gasteiger partial charge in [-0.3, -0.25) is 4.90 Å². The minimum Gasteiger partial charge on any atom is -0.337 e. The van der Waals surface area contributed by atoms with E-state index in [9.17, 15) is 0 Å². The number of aryl methyl sites for hydroxylation is 1. The molecule has 1 unspecified atom stereocenters. The third kappa shape index (κ3) is 3.12. The van der Waals surface area contributed by atoms with Crippen LogP contribution in [0, 0.1) is 5.41 Å². The molecule has 2 heterocycles. The molecular formula is C14H26N4. The quantitative estimate of drug-likeness (QED) is 0.882. The van der Waals surface area contributed by atoms with Crippen molar-refractivity contribution in [3.05, 3.63) is 18.2 Å². The van der Waals surface area contributed by atoms with Crippen LogP contribution in [0.25, 0.3) is 0 Å². The summed E-state index contributed by atoms with van der Waals surface area (Å²) in [4.78, 5) is 6.75. The van der Waals surface area contributed by atoms with Gasteiger partial charge in [-0.05, 0) is 31.8 Å². The maximum absolute atomic E-state index is 4.39. The summed E-state index contributed by atoms with van der Waals surface area (Å²) >= 11 is 0. The smallest absolute Gasteiger partial charge is 0.122 e. The average Bonchev–Trinajstić information content (AvgIpc) is 2.67. The molecule has 102 valence electrons. The highest BCUT2D eigenvalue weighted by Crippen LogP contribution is 2.30. The molecule has 0 saturated carbocycles. The van der Waals surface area contributed by atoms with Gasteiger partial charge in [0.25, 0.3) is 0 Å². The zero-order chi connectivity index (χ0) is 13.2. The lowest BCUT2D eigenvalue weighted by atomic mass is 9.77. The third-order valence-corrected chi connectivity index (χ3v) is 4.16. The van der Waals surface area contributed by atoms with Gasteiger partial charge in [0.15, 0.2) is 0 Å². The number of nitrogens with one attached hydrogen (secondary N) is 1. The molecule has 1 aliphatic heterocycles. The first-order valence-electron chi connectivity index (χ1n) is 6.87. The summed E-state index contributed by atoms with van der Waals surface area (Å²) in [6, 6.07) is 0.580. The van der Waals surface area contributed by atoms with Crippen LogP contribution in [0.5, 0.6) is 0 Å². The van der Waals surface area contributed by atoms with Crippen molar-refractivity contribution in [1.82, 2.24) is 19.8 Å². The first-order chi connectivity index (χ1) is 8.49. The van der Waals surface area contributed by atoms with Gasteiger partial charge in [0, 0.05) is 32.0 Å². The molecule has 1 fully saturated rings. The monoisotopic (exact) mass is 250 g/mol. The molecule has 1 aromatic rings. The van der Waals surface area contributed by atoms with E-state index in [4.69, 9.17) is 0 Å². The summed E-state index contributed by atoms with van der Waals surface area (Å²) in [6.07, 6.45) is 6.49. The second kappa shape index (κ2) is 5.41. The van der Waals surface area contributed by atoms with E-state index in [1.807, 2.05) is 12.4 Å². The van der Waals surface area contributed by atoms with E-state index in [0.29, 0.717) is 11.5 Å². The molecule has 18 heavy (non-hydrogen) atoms. The topological polar surface area (TPSA) is 33.1 Å². The Hall–Kier alpha value is -0.870. The summed E-state index contributed by atoms with van der Waals surface area (Å²) in [7, 11) is 4.24. The average molecular weight is 250 g/mol. The normalized spacial score (nSPS) is 23.5. The number of piperidine rings is 1. The van der Waals surface area contributed by atoms with Crippen molar-refractivity contribution in [2.24, 2.45) is 12.5 Å². The fourth-order valence-corrected chi connectivity index (χ4v) is 2.75. The summed E-state index contributed by atoms with van der Waals surface area (Å²) < 4.78 is 2.09. The number of imidazole rings is 1. The molecule has 1 aromatic heterocycles. The van der Waals surface area contributed by atoms with E-state index in [1.54, 1.807) is 0 Å². The van der Waals surface area contributed by atoms with Crippen molar-refractivity contribution in [1.29, 1.82) is 0 Å². The summed E-state index contributed by atoms with van der Waals surface area (Å²) in [5.41, 5.74) is 0.397. The highest BCUT2D eigenvalue weighted by Gasteiger charge is 2.32. The highest BCUT2D eigenvalue weighted by atomic mass is 15.2. The maximum Gasteiger partial charge on any atom is 0.122 e. The lowest BCUT2D eigenvalue weighted by Gasteiger charge is -2.41. The SMILES string of the molecule is CN(Cc1nccn1C)CC1NCCCC1(C)C. The second-order valence-electron chi connectivity index (χ2n) is 6.25. The van der Waals surface area contributed by atoms with Crippen molar-refractivity contribution in [3.63, 3.8) is 0 Å². The summed E-state index contributed by atoms with van der Waals surface area (Å²) in [6.45, 7) is 7.90. The standard InChI is InChI=1S/C14H26N4/c1-14(2)6-5-7-15-12(14)10-17(3)11-13-16-8-9-18(13)4/h8-9,12,15H,5-7,10-11H2,1-4H3. The Labute approximate surface area is 110 Å². The van der Waals surface area contributed by atoms with Crippen molar-refractivity contribution in [3.8, 4) is 0 Å². The van der Waals surface area contributed by atoms with Crippen LogP contribution in [-0.2, 0) is 13.6 Å². The third-order valence-electron chi connectivity index (χ3n) is 4.16. The zero-order valence-electron chi connectivity index (χ0n) is 12.1. The largest absolute Gasteiger partial charge is 0.337 e. The molecule has 0 bridgehead atoms. The van der Waals surface area contributed by atoms with E-state index in [1.165, 1.54) is 12.8 Å². The molecule has 0 aromatic carbocycles. The minimum absolute atomic E-state index is 0.397. The summed E-state index contributed by atoms with van der Waals surface area (Å²) in [5, 5.41) is 3.67. The van der Waals surface area contributed by atoms with Gasteiger partial charge in [-0.25, -0.2) is 4.98 Å². The van der Waals surface area contributed by atoms with Crippen LogP contribution < -0.4 is 5.32 Å². The Kier molecular flexibility index (Phi) is 4.07. The molecule has 0 spiro atoms. The van der Waals surface area contributed by atoms with Crippen molar-refractivity contribution < 1.29 is 0 Å². The van der Waals surface area contributed by atoms with E-state index in [2.05, 4.69) is 47.7 Å². The van der Waals surface area contributed by atoms with Gasteiger partial charge in [-0.2, -0.15) is 0 Å². The molecule has 2 rings (SSSR count). The zero-order valence-corrected chi connectivity index (χ0v) is 12.1. The van der Waals surface area contributed by atoms with E-state index >= 15 is 0 Å². The molecule has 1 aliphatic rings. The van der Waals surface area contributed by atoms with Crippen molar-refractivity contribution >= 4 is 0 Å². The van der Waals surface area contributed by atoms with Crippen LogP contribution in [-0.4, -0.2) is 40.6 Å². The Morgan fingerprint density at radius 3 is 2.94 bits per heavy atom. The maximum atomic E-state index is 4.39. The number of rotatable bonds is 4. The van der Waals surface area contributed by atoms with Gasteiger partial charge in [0.1, 0.15) is 5.82 Å². The Bertz CT molecular complexity index is 383. The van der Waals surface area contributed by atoms with Gasteiger partial charge >= 0.3 is 0 Å². The highest BCUT2D eigenvalue weighted by molar-refractivity contribution is 4.93. The summed E-state index contributed by atoms with van der Waals surface area (Å²) in [5.74, 6) is 1.13. The molecule has 1 atom stereocenters. The van der Waals surface area contributed by atoms with Crippen LogP contribution in [0.2, 0.25) is 0 Å². The molecular weight excluding hydrogens is 224 g/mol. The molecule has 1 N–H and O–H groups in total. The number of aromatic nitrogens is 2. The second-order valence-corrected chi connectivity index (χ2v) is 6.25. The molecule has 4 heteroatoms. The molecule has 0 aliphatic carbocycles. The predicted molar refractivity (Wildman–Crippen MR) is 74.3 cm³/mol. The Morgan fingerprint density at radius 1 is 1.56 bits per heavy atom. The molecule has 1 saturated heterocycles. The van der Waals surface area contributed by atoms with Crippen LogP contribution >= 0.6 is 0 Å². The molecule has 0 amide bonds. The molecule has 4 nitrogen and oxygen atoms in total. The number of hydrogen-bond acceptors (Lipinski definition) is 3. The lowest BCUT2D eigenvalue weighted by Crippen LogP contribution is -2.52. The number of nitrogens with zero attached hydrogens (tertiary/aromatic N) is 3. The van der Waals surface area contributed by atoms with Crippen LogP contribution in [0.4, 0.5) is 0 Å². The van der Waals surface area contributed by atoms with Crippen LogP contribution in [0.1, 0.15) is 32.5 Å². The van der Waals surface area contributed by atoms with Crippen molar-refractivity contribution in [2.45, 2.75) is 39.3 Å². The van der Waals surface area contributed by atoms with Gasteiger partial charge in [-0.15, -0.1) is 0 Å². The predicted octanol–water partition coefficient (Wildman–Crippen LogP) is 1.63. The fourth-order valence-electron chi connectivity index (χ4n) is 2.75. The molecule has 0 radical (unpaired) electrons. The minimum atomic E-state index is 0.397. The van der Waals surface area contributed by atoms with E-state index in [-0.39, 0.29) is 0 Å². The van der Waals surface area contributed by atoms with Crippen LogP contribution in [0.3, 0.4) is 0 Å². The van der Waals surface area contributed by atoms with E-state index < -0.39 is 0 Å². The fraction of sp³-hybridized carbons (Fsp3) is 0.786. The lowest BCUT2D eigenvalue weighted by molar-refractivity contribution is 0.134. The first-order valence-corrected chi connectivity index (χ1v) is 6.87. The Balaban J connectivity index is 1.90. The van der Waals surface area contributed by atoms with Gasteiger partial charge in [0.2, 0.25) is 0 Å². The van der Waals surface area contributed by atoms with E-state index in [0.717, 1.165) is 25.5 Å². The van der Waals surface area contributed by atoms with Crippen molar-refractivity contribution in [2.75, 3.05) is 20.1 Å². The number of likely N-dealkylation sites (N-methyl/N-ethyl adjacent to an activating group) is 1. The van der Waals surface area contributed by atoms with Gasteiger partial charge in [0.05, 0.1) is 6.54 Å². The first kappa shape index (κ1) is 13.6. The van der Waals surface area contributed by atoms with Gasteiger partial charge in [-0.1, -0.05) is 13.8 Å².